The first-order valence-electron chi connectivity index (χ1n) is 7.76. The van der Waals surface area contributed by atoms with Crippen LogP contribution in [0.15, 0.2) is 35.5 Å². The minimum atomic E-state index is 0.378. The summed E-state index contributed by atoms with van der Waals surface area (Å²) in [7, 11) is 0. The van der Waals surface area contributed by atoms with Crippen molar-refractivity contribution in [2.45, 2.75) is 38.4 Å². The van der Waals surface area contributed by atoms with Crippen LogP contribution in [0.1, 0.15) is 31.2 Å². The summed E-state index contributed by atoms with van der Waals surface area (Å²) in [6.45, 7) is 1.62. The van der Waals surface area contributed by atoms with Gasteiger partial charge in [0, 0.05) is 5.92 Å². The minimum Gasteiger partial charge on any atom is -0.392 e. The Labute approximate surface area is 120 Å². The first-order valence-corrected chi connectivity index (χ1v) is 7.76. The van der Waals surface area contributed by atoms with Crippen LogP contribution in [0.3, 0.4) is 0 Å². The molecule has 1 aromatic carbocycles. The fourth-order valence-electron chi connectivity index (χ4n) is 4.17. The molecule has 0 radical (unpaired) electrons. The molecule has 106 valence electrons. The zero-order valence-electron chi connectivity index (χ0n) is 11.7. The van der Waals surface area contributed by atoms with E-state index in [0.29, 0.717) is 17.9 Å². The molecule has 0 spiro atoms. The van der Waals surface area contributed by atoms with Crippen molar-refractivity contribution in [1.82, 2.24) is 0 Å². The highest BCUT2D eigenvalue weighted by Gasteiger charge is 2.49. The average molecular weight is 271 g/mol. The van der Waals surface area contributed by atoms with Crippen molar-refractivity contribution in [1.29, 1.82) is 0 Å². The van der Waals surface area contributed by atoms with Gasteiger partial charge in [-0.05, 0) is 43.1 Å². The van der Waals surface area contributed by atoms with Gasteiger partial charge in [-0.25, -0.2) is 0 Å². The Morgan fingerprint density at radius 3 is 2.95 bits per heavy atom. The monoisotopic (exact) mass is 271 g/mol. The molecule has 3 aliphatic rings. The van der Waals surface area contributed by atoms with Crippen LogP contribution >= 0.6 is 0 Å². The normalized spacial score (nSPS) is 34.5. The van der Waals surface area contributed by atoms with Gasteiger partial charge in [-0.3, -0.25) is 0 Å². The van der Waals surface area contributed by atoms with Crippen molar-refractivity contribution in [2.24, 2.45) is 22.9 Å². The molecule has 1 aromatic rings. The van der Waals surface area contributed by atoms with E-state index in [2.05, 4.69) is 29.4 Å². The zero-order valence-corrected chi connectivity index (χ0v) is 11.7. The van der Waals surface area contributed by atoms with Crippen LogP contribution in [0, 0.1) is 17.8 Å². The Hall–Kier alpha value is -1.35. The fourth-order valence-corrected chi connectivity index (χ4v) is 4.17. The number of hydrogen-bond acceptors (Lipinski definition) is 3. The number of ether oxygens (including phenoxy) is 1. The summed E-state index contributed by atoms with van der Waals surface area (Å²) in [6, 6.07) is 10.4. The van der Waals surface area contributed by atoms with Gasteiger partial charge in [0.25, 0.3) is 0 Å². The Balaban J connectivity index is 1.34. The van der Waals surface area contributed by atoms with E-state index in [1.165, 1.54) is 24.1 Å². The quantitative estimate of drug-likeness (QED) is 0.840. The average Bonchev–Trinajstić information content (AvgIpc) is 3.09. The third-order valence-corrected chi connectivity index (χ3v) is 5.16. The lowest BCUT2D eigenvalue weighted by atomic mass is 9.72. The third-order valence-electron chi connectivity index (χ3n) is 5.16. The molecule has 0 N–H and O–H groups in total. The topological polar surface area (TPSA) is 30.8 Å². The lowest BCUT2D eigenvalue weighted by Crippen LogP contribution is -2.37. The maximum absolute atomic E-state index is 5.98. The summed E-state index contributed by atoms with van der Waals surface area (Å²) in [5.41, 5.74) is 2.59. The zero-order chi connectivity index (χ0) is 13.4. The molecule has 1 aliphatic heterocycles. The van der Waals surface area contributed by atoms with Gasteiger partial charge in [0.05, 0.1) is 18.9 Å². The number of oxime groups is 1. The van der Waals surface area contributed by atoms with E-state index < -0.39 is 0 Å². The van der Waals surface area contributed by atoms with E-state index in [0.717, 1.165) is 32.0 Å². The fraction of sp³-hybridized carbons (Fsp3) is 0.588. The SMILES string of the molecule is c1ccc(COC[C@H]2CC[C@@H]3ON=C4CC[C@H]2[C@@H]43)cc1. The van der Waals surface area contributed by atoms with Crippen LogP contribution in [0.2, 0.25) is 0 Å². The maximum Gasteiger partial charge on any atom is 0.135 e. The molecular formula is C17H21NO2. The first-order chi connectivity index (χ1) is 9.92. The summed E-state index contributed by atoms with van der Waals surface area (Å²) in [5.74, 6) is 2.04. The second-order valence-corrected chi connectivity index (χ2v) is 6.29. The number of nitrogens with zero attached hydrogens (tertiary/aromatic N) is 1. The Kier molecular flexibility index (Phi) is 3.23. The van der Waals surface area contributed by atoms with Gasteiger partial charge in [0.2, 0.25) is 0 Å². The van der Waals surface area contributed by atoms with Gasteiger partial charge >= 0.3 is 0 Å². The van der Waals surface area contributed by atoms with E-state index in [1.54, 1.807) is 0 Å². The highest BCUT2D eigenvalue weighted by molar-refractivity contribution is 5.90. The van der Waals surface area contributed by atoms with Gasteiger partial charge < -0.3 is 9.57 Å². The van der Waals surface area contributed by atoms with Crippen LogP contribution < -0.4 is 0 Å². The van der Waals surface area contributed by atoms with Crippen LogP contribution in [-0.2, 0) is 16.2 Å². The van der Waals surface area contributed by atoms with Crippen LogP contribution in [0.4, 0.5) is 0 Å². The lowest BCUT2D eigenvalue weighted by molar-refractivity contribution is -0.0250. The Bertz CT molecular complexity index is 499. The minimum absolute atomic E-state index is 0.378. The molecule has 3 heteroatoms. The maximum atomic E-state index is 5.98. The van der Waals surface area contributed by atoms with Crippen LogP contribution in [-0.4, -0.2) is 18.4 Å². The van der Waals surface area contributed by atoms with Crippen LogP contribution in [0.25, 0.3) is 0 Å². The lowest BCUT2D eigenvalue weighted by Gasteiger charge is -2.35. The van der Waals surface area contributed by atoms with E-state index in [-0.39, 0.29) is 0 Å². The van der Waals surface area contributed by atoms with E-state index in [1.807, 2.05) is 6.07 Å². The van der Waals surface area contributed by atoms with E-state index in [9.17, 15) is 0 Å². The molecule has 3 nitrogen and oxygen atoms in total. The standard InChI is InChI=1S/C17H21NO2/c1-2-4-12(5-3-1)10-19-11-13-6-9-16-17-14(13)7-8-15(17)18-20-16/h1-5,13-14,16-17H,6-11H2/t13-,14-,16+,17+/m1/s1. The molecule has 2 saturated carbocycles. The van der Waals surface area contributed by atoms with Crippen LogP contribution in [0.5, 0.6) is 0 Å². The van der Waals surface area contributed by atoms with Crippen molar-refractivity contribution in [3.8, 4) is 0 Å². The summed E-state index contributed by atoms with van der Waals surface area (Å²) in [4.78, 5) is 5.56. The van der Waals surface area contributed by atoms with Gasteiger partial charge in [-0.15, -0.1) is 0 Å². The largest absolute Gasteiger partial charge is 0.392 e. The molecule has 2 fully saturated rings. The molecule has 2 aliphatic carbocycles. The first kappa shape index (κ1) is 12.4. The molecule has 20 heavy (non-hydrogen) atoms. The summed E-state index contributed by atoms with van der Waals surface area (Å²) in [6.07, 6.45) is 5.17. The highest BCUT2D eigenvalue weighted by Crippen LogP contribution is 2.48. The predicted molar refractivity (Wildman–Crippen MR) is 77.3 cm³/mol. The number of benzene rings is 1. The van der Waals surface area contributed by atoms with Crippen molar-refractivity contribution in [2.75, 3.05) is 6.61 Å². The third kappa shape index (κ3) is 2.14. The molecule has 1 heterocycles. The van der Waals surface area contributed by atoms with Gasteiger partial charge in [-0.2, -0.15) is 0 Å². The smallest absolute Gasteiger partial charge is 0.135 e. The number of rotatable bonds is 4. The van der Waals surface area contributed by atoms with E-state index in [4.69, 9.17) is 9.57 Å². The second kappa shape index (κ2) is 5.21. The number of hydrogen-bond donors (Lipinski definition) is 0. The molecule has 0 aromatic heterocycles. The molecular weight excluding hydrogens is 250 g/mol. The van der Waals surface area contributed by atoms with Crippen molar-refractivity contribution in [3.63, 3.8) is 0 Å². The van der Waals surface area contributed by atoms with Gasteiger partial charge in [0.1, 0.15) is 6.10 Å². The summed E-state index contributed by atoms with van der Waals surface area (Å²) >= 11 is 0. The van der Waals surface area contributed by atoms with Crippen molar-refractivity contribution < 1.29 is 9.57 Å². The van der Waals surface area contributed by atoms with Gasteiger partial charge in [-0.1, -0.05) is 35.5 Å². The Morgan fingerprint density at radius 1 is 1.15 bits per heavy atom. The van der Waals surface area contributed by atoms with Gasteiger partial charge in [0.15, 0.2) is 0 Å². The summed E-state index contributed by atoms with van der Waals surface area (Å²) < 4.78 is 5.98. The van der Waals surface area contributed by atoms with Crippen molar-refractivity contribution >= 4 is 5.71 Å². The highest BCUT2D eigenvalue weighted by atomic mass is 16.6. The predicted octanol–water partition coefficient (Wildman–Crippen LogP) is 3.39. The molecule has 0 saturated heterocycles. The molecule has 0 amide bonds. The molecule has 0 unspecified atom stereocenters. The molecule has 0 bridgehead atoms. The van der Waals surface area contributed by atoms with Crippen molar-refractivity contribution in [3.05, 3.63) is 35.9 Å². The molecule has 4 atom stereocenters. The second-order valence-electron chi connectivity index (χ2n) is 6.29. The molecule has 4 rings (SSSR count). The van der Waals surface area contributed by atoms with E-state index >= 15 is 0 Å². The summed E-state index contributed by atoms with van der Waals surface area (Å²) in [5, 5.41) is 4.28. The Morgan fingerprint density at radius 2 is 2.05 bits per heavy atom.